The monoisotopic (exact) mass is 1040 g/mol. The zero-order chi connectivity index (χ0) is 54.2. The molecule has 0 unspecified atom stereocenters. The Balaban J connectivity index is 1.36. The summed E-state index contributed by atoms with van der Waals surface area (Å²) in [5.74, 6) is 0. The Morgan fingerprint density at radius 3 is 0.859 bits per heavy atom. The lowest BCUT2D eigenvalue weighted by atomic mass is 9.71. The van der Waals surface area contributed by atoms with Crippen LogP contribution in [0.5, 0.6) is 0 Å². The van der Waals surface area contributed by atoms with Gasteiger partial charge in [-0.15, -0.1) is 0 Å². The number of unbranched alkanes of at least 4 members (excludes halogenated alkanes) is 4. The molecule has 6 nitrogen and oxygen atoms in total. The Labute approximate surface area is 463 Å². The van der Waals surface area contributed by atoms with Crippen LogP contribution in [-0.2, 0) is 56.6 Å². The van der Waals surface area contributed by atoms with E-state index in [2.05, 4.69) is 222 Å². The number of hydrogen-bond acceptors (Lipinski definition) is 6. The van der Waals surface area contributed by atoms with E-state index in [-0.39, 0.29) is 0 Å². The second kappa shape index (κ2) is 27.2. The molecule has 0 aliphatic heterocycles. The smallest absolute Gasteiger partial charge is 0.141 e. The lowest BCUT2D eigenvalue weighted by Crippen LogP contribution is -2.33. The van der Waals surface area contributed by atoms with Crippen LogP contribution in [0.25, 0.3) is 43.8 Å². The highest BCUT2D eigenvalue weighted by atomic mass is 16.5. The van der Waals surface area contributed by atoms with Crippen molar-refractivity contribution in [2.24, 2.45) is 0 Å². The van der Waals surface area contributed by atoms with E-state index in [0.717, 1.165) is 117 Å². The number of hydrogen-bond donors (Lipinski definition) is 2. The number of aliphatic hydroxyl groups is 2. The molecule has 0 aromatic heterocycles. The first kappa shape index (κ1) is 56.0. The number of fused-ring (bicyclic) bond motifs is 2. The van der Waals surface area contributed by atoms with Gasteiger partial charge in [0.05, 0.1) is 26.4 Å². The lowest BCUT2D eigenvalue weighted by Gasteiger charge is -2.37. The number of benzene rings is 9. The molecule has 2 N–H and O–H groups in total. The maximum Gasteiger partial charge on any atom is 0.141 e. The first-order valence-electron chi connectivity index (χ1n) is 28.6. The van der Waals surface area contributed by atoms with Crippen molar-refractivity contribution >= 4 is 21.5 Å². The molecule has 9 aromatic rings. The Hall–Kier alpha value is -6.74. The van der Waals surface area contributed by atoms with Crippen molar-refractivity contribution in [3.05, 3.63) is 250 Å². The zero-order valence-corrected chi connectivity index (χ0v) is 46.3. The predicted molar refractivity (Wildman–Crippen MR) is 321 cm³/mol. The minimum Gasteiger partial charge on any atom is -0.377 e. The van der Waals surface area contributed by atoms with Crippen molar-refractivity contribution < 1.29 is 29.2 Å². The van der Waals surface area contributed by atoms with Crippen molar-refractivity contribution in [2.75, 3.05) is 26.4 Å². The normalized spacial score (nSPS) is 12.0. The highest BCUT2D eigenvalue weighted by Gasteiger charge is 2.42. The van der Waals surface area contributed by atoms with Gasteiger partial charge < -0.3 is 29.2 Å². The van der Waals surface area contributed by atoms with Crippen molar-refractivity contribution in [1.82, 2.24) is 0 Å². The van der Waals surface area contributed by atoms with E-state index in [9.17, 15) is 10.2 Å². The highest BCUT2D eigenvalue weighted by molar-refractivity contribution is 6.01. The molecular formula is C72H78O6. The second-order valence-corrected chi connectivity index (χ2v) is 20.8. The summed E-state index contributed by atoms with van der Waals surface area (Å²) in [6.07, 6.45) is 8.24. The van der Waals surface area contributed by atoms with Crippen LogP contribution in [0.15, 0.2) is 194 Å². The molecule has 0 heterocycles. The lowest BCUT2D eigenvalue weighted by molar-refractivity contribution is 0.116. The highest BCUT2D eigenvalue weighted by Crippen LogP contribution is 2.51. The predicted octanol–water partition coefficient (Wildman–Crippen LogP) is 17.2. The van der Waals surface area contributed by atoms with Gasteiger partial charge in [-0.05, 0) is 126 Å². The molecule has 0 aliphatic carbocycles. The van der Waals surface area contributed by atoms with Gasteiger partial charge >= 0.3 is 0 Å². The summed E-state index contributed by atoms with van der Waals surface area (Å²) in [5.41, 5.74) is 8.22. The maximum absolute atomic E-state index is 14.5. The molecule has 0 bridgehead atoms. The molecule has 0 aliphatic rings. The average molecular weight is 1040 g/mol. The molecule has 0 saturated heterocycles. The quantitative estimate of drug-likeness (QED) is 0.0376. The summed E-state index contributed by atoms with van der Waals surface area (Å²) in [6.45, 7) is 13.3. The van der Waals surface area contributed by atoms with Crippen molar-refractivity contribution in [3.8, 4) is 22.3 Å². The first-order chi connectivity index (χ1) is 38.3. The summed E-state index contributed by atoms with van der Waals surface area (Å²) >= 11 is 0. The van der Waals surface area contributed by atoms with Crippen molar-refractivity contribution in [1.29, 1.82) is 0 Å². The van der Waals surface area contributed by atoms with Gasteiger partial charge in [-0.1, -0.05) is 235 Å². The van der Waals surface area contributed by atoms with Gasteiger partial charge in [0.15, 0.2) is 0 Å². The fourth-order valence-electron chi connectivity index (χ4n) is 10.6. The third kappa shape index (κ3) is 12.7. The zero-order valence-electron chi connectivity index (χ0n) is 46.3. The molecular weight excluding hydrogens is 961 g/mol. The maximum atomic E-state index is 14.5. The van der Waals surface area contributed by atoms with Crippen LogP contribution in [-0.4, -0.2) is 36.6 Å². The summed E-state index contributed by atoms with van der Waals surface area (Å²) in [7, 11) is 0. The second-order valence-electron chi connectivity index (χ2n) is 20.8. The van der Waals surface area contributed by atoms with E-state index in [1.807, 2.05) is 0 Å². The van der Waals surface area contributed by atoms with Gasteiger partial charge in [-0.3, -0.25) is 0 Å². The number of ether oxygens (including phenoxy) is 4. The molecule has 9 rings (SSSR count). The third-order valence-corrected chi connectivity index (χ3v) is 15.2. The average Bonchev–Trinajstić information content (AvgIpc) is 3.67. The molecule has 0 fully saturated rings. The summed E-state index contributed by atoms with van der Waals surface area (Å²) in [6, 6.07) is 67.0. The largest absolute Gasteiger partial charge is 0.377 e. The fourth-order valence-corrected chi connectivity index (χ4v) is 10.6. The third-order valence-electron chi connectivity index (χ3n) is 15.2. The summed E-state index contributed by atoms with van der Waals surface area (Å²) in [4.78, 5) is 0. The minimum atomic E-state index is -1.73. The van der Waals surface area contributed by atoms with Gasteiger partial charge in [0.1, 0.15) is 11.2 Å². The van der Waals surface area contributed by atoms with Gasteiger partial charge in [0.25, 0.3) is 0 Å². The van der Waals surface area contributed by atoms with E-state index in [0.29, 0.717) is 86.2 Å². The molecule has 6 heteroatoms. The Bertz CT molecular complexity index is 2960. The SMILES string of the molecule is CCCCOCc1ccc(C(O)(c2ccc(COCCCC)cc2)c2cc(-c3cccc4ccccc34)c(C(O)(c3ccc(COCCCC)cc3)c3ccc(COCCCC)cc3)cc2-c2cccc3ccccc23)cc1. The minimum absolute atomic E-state index is 0.477. The van der Waals surface area contributed by atoms with E-state index in [4.69, 9.17) is 18.9 Å². The van der Waals surface area contributed by atoms with Crippen LogP contribution in [0.2, 0.25) is 0 Å². The van der Waals surface area contributed by atoms with Crippen LogP contribution < -0.4 is 0 Å². The van der Waals surface area contributed by atoms with E-state index >= 15 is 0 Å². The molecule has 78 heavy (non-hydrogen) atoms. The summed E-state index contributed by atoms with van der Waals surface area (Å²) in [5, 5.41) is 33.3. The molecule has 402 valence electrons. The van der Waals surface area contributed by atoms with Crippen molar-refractivity contribution in [2.45, 2.75) is 117 Å². The van der Waals surface area contributed by atoms with Gasteiger partial charge in [0.2, 0.25) is 0 Å². The van der Waals surface area contributed by atoms with Crippen LogP contribution >= 0.6 is 0 Å². The molecule has 0 spiro atoms. The van der Waals surface area contributed by atoms with Gasteiger partial charge in [0, 0.05) is 37.6 Å². The van der Waals surface area contributed by atoms with Crippen molar-refractivity contribution in [3.63, 3.8) is 0 Å². The number of rotatable bonds is 28. The van der Waals surface area contributed by atoms with Gasteiger partial charge in [-0.2, -0.15) is 0 Å². The van der Waals surface area contributed by atoms with E-state index < -0.39 is 11.2 Å². The molecule has 0 amide bonds. The van der Waals surface area contributed by atoms with Crippen LogP contribution in [0.4, 0.5) is 0 Å². The van der Waals surface area contributed by atoms with Crippen LogP contribution in [0.1, 0.15) is 135 Å². The Morgan fingerprint density at radius 1 is 0.308 bits per heavy atom. The first-order valence-corrected chi connectivity index (χ1v) is 28.6. The van der Waals surface area contributed by atoms with E-state index in [1.165, 1.54) is 0 Å². The topological polar surface area (TPSA) is 77.4 Å². The molecule has 9 aromatic carbocycles. The molecule has 0 radical (unpaired) electrons. The Kier molecular flexibility index (Phi) is 19.5. The molecule has 0 atom stereocenters. The van der Waals surface area contributed by atoms with E-state index in [1.54, 1.807) is 0 Å². The van der Waals surface area contributed by atoms with Gasteiger partial charge in [-0.25, -0.2) is 0 Å². The summed E-state index contributed by atoms with van der Waals surface area (Å²) < 4.78 is 24.4. The fraction of sp³-hybridized carbons (Fsp3) is 0.306. The van der Waals surface area contributed by atoms with Crippen LogP contribution in [0, 0.1) is 0 Å². The molecule has 0 saturated carbocycles. The Morgan fingerprint density at radius 2 is 0.577 bits per heavy atom. The standard InChI is InChI=1S/C72H78O6/c1-5-9-43-75-49-53-27-35-59(36-28-53)71(73,60-37-29-54(30-38-60)50-76-44-10-6-2)69-47-68(66-26-18-22-58-20-14-16-24-64(58)66)70(48-67(69)65-25-17-21-57-19-13-15-23-63(57)65)72(74,61-39-31-55(32-40-61)51-77-45-11-7-3)62-41-33-56(34-42-62)52-78-46-12-8-4/h13-42,47-48,73-74H,5-12,43-46,49-52H2,1-4H3. The van der Waals surface area contributed by atoms with Crippen LogP contribution in [0.3, 0.4) is 0 Å².